The zero-order valence-corrected chi connectivity index (χ0v) is 12.7. The van der Waals surface area contributed by atoms with E-state index in [1.54, 1.807) is 0 Å². The molecule has 0 spiro atoms. The lowest BCUT2D eigenvalue weighted by Crippen LogP contribution is -2.57. The van der Waals surface area contributed by atoms with Gasteiger partial charge in [0.1, 0.15) is 0 Å². The van der Waals surface area contributed by atoms with Crippen molar-refractivity contribution >= 4 is 0 Å². The van der Waals surface area contributed by atoms with Crippen molar-refractivity contribution in [3.05, 3.63) is 0 Å². The highest BCUT2D eigenvalue weighted by atomic mass is 19.4. The van der Waals surface area contributed by atoms with Crippen LogP contribution in [0.2, 0.25) is 0 Å². The van der Waals surface area contributed by atoms with E-state index in [1.807, 2.05) is 0 Å². The van der Waals surface area contributed by atoms with Crippen molar-refractivity contribution in [2.24, 2.45) is 5.92 Å². The molecule has 2 unspecified atom stereocenters. The summed E-state index contributed by atoms with van der Waals surface area (Å²) in [5, 5.41) is 3.52. The van der Waals surface area contributed by atoms with Crippen molar-refractivity contribution in [2.75, 3.05) is 26.2 Å². The molecule has 20 heavy (non-hydrogen) atoms. The van der Waals surface area contributed by atoms with Crippen LogP contribution in [0.4, 0.5) is 13.2 Å². The number of halogens is 3. The summed E-state index contributed by atoms with van der Waals surface area (Å²) in [5.74, 6) is 0.587. The van der Waals surface area contributed by atoms with E-state index in [0.717, 1.165) is 32.4 Å². The first kappa shape index (κ1) is 17.7. The fourth-order valence-electron chi connectivity index (χ4n) is 2.83. The van der Waals surface area contributed by atoms with Crippen LogP contribution < -0.4 is 5.32 Å². The maximum absolute atomic E-state index is 12.1. The molecule has 0 amide bonds. The Morgan fingerprint density at radius 2 is 2.05 bits per heavy atom. The third kappa shape index (κ3) is 6.90. The van der Waals surface area contributed by atoms with Gasteiger partial charge in [-0.05, 0) is 18.8 Å². The van der Waals surface area contributed by atoms with E-state index in [4.69, 9.17) is 0 Å². The summed E-state index contributed by atoms with van der Waals surface area (Å²) in [6.07, 6.45) is -1.42. The molecule has 6 heteroatoms. The molecule has 0 aromatic heterocycles. The number of nitrogens with zero attached hydrogens (tertiary/aromatic N) is 1. The van der Waals surface area contributed by atoms with Gasteiger partial charge in [0, 0.05) is 31.7 Å². The van der Waals surface area contributed by atoms with E-state index in [9.17, 15) is 13.2 Å². The number of hydrogen-bond acceptors (Lipinski definition) is 3. The van der Waals surface area contributed by atoms with Crippen LogP contribution in [0.5, 0.6) is 0 Å². The van der Waals surface area contributed by atoms with Gasteiger partial charge in [-0.15, -0.1) is 13.2 Å². The van der Waals surface area contributed by atoms with Crippen molar-refractivity contribution in [2.45, 2.75) is 58.5 Å². The molecule has 1 N–H and O–H groups in total. The van der Waals surface area contributed by atoms with Crippen molar-refractivity contribution in [3.63, 3.8) is 0 Å². The first-order chi connectivity index (χ1) is 9.31. The van der Waals surface area contributed by atoms with Crippen LogP contribution in [0, 0.1) is 5.92 Å². The second kappa shape index (κ2) is 8.20. The predicted molar refractivity (Wildman–Crippen MR) is 73.5 cm³/mol. The molecule has 0 radical (unpaired) electrons. The lowest BCUT2D eigenvalue weighted by molar-refractivity contribution is -0.325. The fourth-order valence-corrected chi connectivity index (χ4v) is 2.83. The summed E-state index contributed by atoms with van der Waals surface area (Å²) >= 11 is 0. The molecular weight excluding hydrogens is 269 g/mol. The summed E-state index contributed by atoms with van der Waals surface area (Å²) in [6.45, 7) is 8.16. The number of piperazine rings is 1. The normalized spacial score (nSPS) is 25.4. The van der Waals surface area contributed by atoms with E-state index in [0.29, 0.717) is 24.5 Å². The van der Waals surface area contributed by atoms with Crippen LogP contribution in [0.25, 0.3) is 0 Å². The van der Waals surface area contributed by atoms with Crippen molar-refractivity contribution < 1.29 is 17.9 Å². The predicted octanol–water partition coefficient (Wildman–Crippen LogP) is 3.01. The second-order valence-corrected chi connectivity index (χ2v) is 5.97. The van der Waals surface area contributed by atoms with E-state index >= 15 is 0 Å². The smallest absolute Gasteiger partial charge is 0.311 e. The largest absolute Gasteiger partial charge is 0.522 e. The van der Waals surface area contributed by atoms with E-state index in [1.165, 1.54) is 0 Å². The Kier molecular flexibility index (Phi) is 7.26. The van der Waals surface area contributed by atoms with E-state index in [-0.39, 0.29) is 6.61 Å². The number of ether oxygens (including phenoxy) is 1. The molecule has 0 saturated carbocycles. The van der Waals surface area contributed by atoms with Gasteiger partial charge in [0.2, 0.25) is 0 Å². The molecule has 1 aliphatic rings. The first-order valence-electron chi connectivity index (χ1n) is 7.50. The average Bonchev–Trinajstić information content (AvgIpc) is 2.30. The molecular formula is C14H27F3N2O. The average molecular weight is 296 g/mol. The Bertz CT molecular complexity index is 272. The van der Waals surface area contributed by atoms with Crippen molar-refractivity contribution in [1.82, 2.24) is 10.2 Å². The standard InChI is InChI=1S/C14H27F3N2O/c1-4-5-13-9-18-12(8-11(2)3)10-19(13)6-7-20-14(15,16)17/h11-13,18H,4-10H2,1-3H3. The van der Waals surface area contributed by atoms with Crippen LogP contribution in [-0.4, -0.2) is 49.6 Å². The van der Waals surface area contributed by atoms with Crippen LogP contribution in [-0.2, 0) is 4.74 Å². The Labute approximate surface area is 119 Å². The highest BCUT2D eigenvalue weighted by Crippen LogP contribution is 2.19. The molecule has 1 fully saturated rings. The van der Waals surface area contributed by atoms with Gasteiger partial charge in [0.15, 0.2) is 0 Å². The zero-order valence-electron chi connectivity index (χ0n) is 12.7. The topological polar surface area (TPSA) is 24.5 Å². The second-order valence-electron chi connectivity index (χ2n) is 5.97. The molecule has 1 rings (SSSR count). The zero-order chi connectivity index (χ0) is 15.2. The van der Waals surface area contributed by atoms with Gasteiger partial charge in [-0.25, -0.2) is 0 Å². The van der Waals surface area contributed by atoms with Gasteiger partial charge >= 0.3 is 6.36 Å². The summed E-state index contributed by atoms with van der Waals surface area (Å²) in [5.41, 5.74) is 0. The number of hydrogen-bond donors (Lipinski definition) is 1. The number of alkyl halides is 3. The number of nitrogens with one attached hydrogen (secondary N) is 1. The van der Waals surface area contributed by atoms with Gasteiger partial charge in [-0.2, -0.15) is 0 Å². The Balaban J connectivity index is 2.46. The Morgan fingerprint density at radius 3 is 2.60 bits per heavy atom. The first-order valence-corrected chi connectivity index (χ1v) is 7.50. The minimum atomic E-state index is -4.52. The van der Waals surface area contributed by atoms with Crippen LogP contribution >= 0.6 is 0 Å². The summed E-state index contributed by atoms with van der Waals surface area (Å²) in [4.78, 5) is 2.15. The van der Waals surface area contributed by atoms with E-state index < -0.39 is 6.36 Å². The van der Waals surface area contributed by atoms with Gasteiger partial charge in [-0.1, -0.05) is 27.2 Å². The van der Waals surface area contributed by atoms with Crippen LogP contribution in [0.15, 0.2) is 0 Å². The molecule has 120 valence electrons. The lowest BCUT2D eigenvalue weighted by Gasteiger charge is -2.41. The maximum atomic E-state index is 12.1. The van der Waals surface area contributed by atoms with Gasteiger partial charge in [0.25, 0.3) is 0 Å². The van der Waals surface area contributed by atoms with Gasteiger partial charge in [0.05, 0.1) is 6.61 Å². The monoisotopic (exact) mass is 296 g/mol. The molecule has 0 bridgehead atoms. The fraction of sp³-hybridized carbons (Fsp3) is 1.00. The van der Waals surface area contributed by atoms with Crippen molar-refractivity contribution in [1.29, 1.82) is 0 Å². The quantitative estimate of drug-likeness (QED) is 0.781. The molecule has 0 aliphatic carbocycles. The molecule has 3 nitrogen and oxygen atoms in total. The molecule has 2 atom stereocenters. The van der Waals surface area contributed by atoms with Crippen LogP contribution in [0.1, 0.15) is 40.0 Å². The minimum absolute atomic E-state index is 0.280. The minimum Gasteiger partial charge on any atom is -0.311 e. The SMILES string of the molecule is CCCC1CNC(CC(C)C)CN1CCOC(F)(F)F. The van der Waals surface area contributed by atoms with Gasteiger partial charge in [-0.3, -0.25) is 9.64 Å². The van der Waals surface area contributed by atoms with E-state index in [2.05, 4.69) is 35.7 Å². The highest BCUT2D eigenvalue weighted by Gasteiger charge is 2.31. The summed E-state index contributed by atoms with van der Waals surface area (Å²) in [7, 11) is 0. The third-order valence-electron chi connectivity index (χ3n) is 3.64. The Hall–Kier alpha value is -0.330. The molecule has 1 aliphatic heterocycles. The maximum Gasteiger partial charge on any atom is 0.522 e. The summed E-state index contributed by atoms with van der Waals surface area (Å²) < 4.78 is 40.1. The molecule has 0 aromatic rings. The van der Waals surface area contributed by atoms with Gasteiger partial charge < -0.3 is 5.32 Å². The summed E-state index contributed by atoms with van der Waals surface area (Å²) in [6, 6.07) is 0.689. The Morgan fingerprint density at radius 1 is 1.35 bits per heavy atom. The number of rotatable bonds is 7. The third-order valence-corrected chi connectivity index (χ3v) is 3.64. The lowest BCUT2D eigenvalue weighted by atomic mass is 9.98. The van der Waals surface area contributed by atoms with Crippen LogP contribution in [0.3, 0.4) is 0 Å². The highest BCUT2D eigenvalue weighted by molar-refractivity contribution is 4.86. The molecule has 1 heterocycles. The molecule has 0 aromatic carbocycles. The van der Waals surface area contributed by atoms with Crippen molar-refractivity contribution in [3.8, 4) is 0 Å². The molecule has 1 saturated heterocycles.